The number of thiazole rings is 1. The van der Waals surface area contributed by atoms with E-state index in [0.717, 1.165) is 38.0 Å². The fourth-order valence-corrected chi connectivity index (χ4v) is 4.81. The molecule has 1 aromatic heterocycles. The van der Waals surface area contributed by atoms with Gasteiger partial charge >= 0.3 is 5.97 Å². The maximum atomic E-state index is 12.9. The Hall–Kier alpha value is -2.73. The molecule has 0 fully saturated rings. The Morgan fingerprint density at radius 3 is 2.23 bits per heavy atom. The minimum atomic E-state index is -0.338. The van der Waals surface area contributed by atoms with Gasteiger partial charge in [-0.1, -0.05) is 29.0 Å². The zero-order chi connectivity index (χ0) is 22.0. The van der Waals surface area contributed by atoms with Crippen molar-refractivity contribution in [3.05, 3.63) is 62.4 Å². The second-order valence-electron chi connectivity index (χ2n) is 7.74. The van der Waals surface area contributed by atoms with E-state index >= 15 is 0 Å². The highest BCUT2D eigenvalue weighted by Crippen LogP contribution is 2.22. The number of nitrogens with zero attached hydrogens (tertiary/aromatic N) is 2. The van der Waals surface area contributed by atoms with Crippen molar-refractivity contribution in [1.29, 1.82) is 0 Å². The Labute approximate surface area is 181 Å². The van der Waals surface area contributed by atoms with Crippen molar-refractivity contribution in [3.8, 4) is 0 Å². The molecule has 0 aliphatic rings. The molecule has 0 unspecified atom stereocenters. The normalized spacial score (nSPS) is 11.9. The summed E-state index contributed by atoms with van der Waals surface area (Å²) in [5.41, 5.74) is 7.57. The fraction of sp³-hybridized carbons (Fsp3) is 0.375. The SMILES string of the molecule is CCOC(=O)Cn1c(=NC(=O)Cc2c(C)cc(C)cc2C)sc2cc(C)c(C)cc21. The molecule has 1 heterocycles. The van der Waals surface area contributed by atoms with Crippen LogP contribution in [0, 0.1) is 34.6 Å². The lowest BCUT2D eigenvalue weighted by atomic mass is 9.97. The number of hydrogen-bond acceptors (Lipinski definition) is 4. The molecule has 6 heteroatoms. The molecule has 0 bridgehead atoms. The van der Waals surface area contributed by atoms with E-state index in [1.165, 1.54) is 16.9 Å². The van der Waals surface area contributed by atoms with Crippen LogP contribution in [0.5, 0.6) is 0 Å². The van der Waals surface area contributed by atoms with E-state index in [9.17, 15) is 9.59 Å². The van der Waals surface area contributed by atoms with Crippen LogP contribution in [0.2, 0.25) is 0 Å². The van der Waals surface area contributed by atoms with Crippen LogP contribution < -0.4 is 4.80 Å². The van der Waals surface area contributed by atoms with Gasteiger partial charge in [-0.3, -0.25) is 9.59 Å². The Bertz CT molecular complexity index is 1180. The third-order valence-electron chi connectivity index (χ3n) is 5.28. The molecule has 3 aromatic rings. The minimum absolute atomic E-state index is 0.0328. The fourth-order valence-electron chi connectivity index (χ4n) is 3.68. The van der Waals surface area contributed by atoms with Gasteiger partial charge in [-0.15, -0.1) is 0 Å². The van der Waals surface area contributed by atoms with Gasteiger partial charge in [-0.25, -0.2) is 0 Å². The number of amides is 1. The zero-order valence-corrected chi connectivity index (χ0v) is 19.3. The van der Waals surface area contributed by atoms with Gasteiger partial charge in [-0.2, -0.15) is 4.99 Å². The van der Waals surface area contributed by atoms with Crippen LogP contribution in [-0.4, -0.2) is 23.1 Å². The first-order valence-electron chi connectivity index (χ1n) is 10.1. The van der Waals surface area contributed by atoms with Crippen LogP contribution >= 0.6 is 11.3 Å². The predicted molar refractivity (Wildman–Crippen MR) is 121 cm³/mol. The summed E-state index contributed by atoms with van der Waals surface area (Å²) >= 11 is 1.42. The van der Waals surface area contributed by atoms with Crippen LogP contribution in [0.1, 0.15) is 40.3 Å². The summed E-state index contributed by atoms with van der Waals surface area (Å²) in [7, 11) is 0. The number of aryl methyl sites for hydroxylation is 5. The van der Waals surface area contributed by atoms with Gasteiger partial charge in [0, 0.05) is 0 Å². The Kier molecular flexibility index (Phi) is 6.56. The molecular formula is C24H28N2O3S. The van der Waals surface area contributed by atoms with Crippen molar-refractivity contribution in [1.82, 2.24) is 4.57 Å². The van der Waals surface area contributed by atoms with Gasteiger partial charge in [0.1, 0.15) is 6.54 Å². The minimum Gasteiger partial charge on any atom is -0.465 e. The van der Waals surface area contributed by atoms with E-state index in [2.05, 4.69) is 37.0 Å². The maximum absolute atomic E-state index is 12.9. The lowest BCUT2D eigenvalue weighted by Gasteiger charge is -2.09. The number of hydrogen-bond donors (Lipinski definition) is 0. The van der Waals surface area contributed by atoms with Crippen LogP contribution in [0.15, 0.2) is 29.3 Å². The first-order valence-corrected chi connectivity index (χ1v) is 10.9. The van der Waals surface area contributed by atoms with Crippen molar-refractivity contribution in [2.24, 2.45) is 4.99 Å². The number of fused-ring (bicyclic) bond motifs is 1. The summed E-state index contributed by atoms with van der Waals surface area (Å²) in [6.45, 7) is 12.3. The second-order valence-corrected chi connectivity index (χ2v) is 8.75. The highest BCUT2D eigenvalue weighted by atomic mass is 32.1. The number of carbonyl (C=O) groups is 2. The monoisotopic (exact) mass is 424 g/mol. The van der Waals surface area contributed by atoms with E-state index in [4.69, 9.17) is 4.74 Å². The summed E-state index contributed by atoms with van der Waals surface area (Å²) < 4.78 is 7.92. The Balaban J connectivity index is 2.06. The Morgan fingerprint density at radius 1 is 0.967 bits per heavy atom. The molecule has 5 nitrogen and oxygen atoms in total. The van der Waals surface area contributed by atoms with Gasteiger partial charge in [0.25, 0.3) is 5.91 Å². The summed E-state index contributed by atoms with van der Waals surface area (Å²) in [6.07, 6.45) is 0.240. The van der Waals surface area contributed by atoms with E-state index < -0.39 is 0 Å². The quantitative estimate of drug-likeness (QED) is 0.568. The smallest absolute Gasteiger partial charge is 0.326 e. The van der Waals surface area contributed by atoms with Crippen molar-refractivity contribution in [2.45, 2.75) is 54.5 Å². The molecule has 0 spiro atoms. The Morgan fingerprint density at radius 2 is 1.60 bits per heavy atom. The van der Waals surface area contributed by atoms with Crippen molar-refractivity contribution in [3.63, 3.8) is 0 Å². The molecule has 1 amide bonds. The van der Waals surface area contributed by atoms with E-state index in [0.29, 0.717) is 11.4 Å². The average Bonchev–Trinajstić information content (AvgIpc) is 2.95. The van der Waals surface area contributed by atoms with E-state index in [-0.39, 0.29) is 24.8 Å². The maximum Gasteiger partial charge on any atom is 0.326 e. The van der Waals surface area contributed by atoms with E-state index in [1.54, 1.807) is 11.5 Å². The van der Waals surface area contributed by atoms with Gasteiger partial charge < -0.3 is 9.30 Å². The summed E-state index contributed by atoms with van der Waals surface area (Å²) in [5, 5.41) is 0. The molecule has 2 aromatic carbocycles. The number of benzene rings is 2. The number of aromatic nitrogens is 1. The predicted octanol–water partition coefficient (Wildman–Crippen LogP) is 4.48. The lowest BCUT2D eigenvalue weighted by molar-refractivity contribution is -0.143. The van der Waals surface area contributed by atoms with E-state index in [1.807, 2.05) is 26.8 Å². The number of carbonyl (C=O) groups excluding carboxylic acids is 2. The van der Waals surface area contributed by atoms with Gasteiger partial charge in [0.2, 0.25) is 0 Å². The highest BCUT2D eigenvalue weighted by Gasteiger charge is 2.14. The molecule has 3 rings (SSSR count). The summed E-state index contributed by atoms with van der Waals surface area (Å²) in [5.74, 6) is -0.558. The van der Waals surface area contributed by atoms with Crippen LogP contribution in [0.4, 0.5) is 0 Å². The molecule has 158 valence electrons. The zero-order valence-electron chi connectivity index (χ0n) is 18.5. The first kappa shape index (κ1) is 22.0. The largest absolute Gasteiger partial charge is 0.465 e. The summed E-state index contributed by atoms with van der Waals surface area (Å²) in [6, 6.07) is 8.29. The molecule has 0 aliphatic carbocycles. The standard InChI is InChI=1S/C24H28N2O3S/c1-7-29-23(28)13-26-20-10-15(3)16(4)11-21(20)30-24(26)25-22(27)12-19-17(5)8-14(2)9-18(19)6/h8-11H,7,12-13H2,1-6H3. The number of esters is 1. The molecule has 0 aliphatic heterocycles. The topological polar surface area (TPSA) is 60.7 Å². The molecule has 0 saturated carbocycles. The molecule has 0 atom stereocenters. The average molecular weight is 425 g/mol. The van der Waals surface area contributed by atoms with Crippen molar-refractivity contribution >= 4 is 33.4 Å². The summed E-state index contributed by atoms with van der Waals surface area (Å²) in [4.78, 5) is 30.0. The molecule has 0 saturated heterocycles. The van der Waals surface area contributed by atoms with Gasteiger partial charge in [0.05, 0.1) is 23.2 Å². The third kappa shape index (κ3) is 4.70. The van der Waals surface area contributed by atoms with Crippen molar-refractivity contribution in [2.75, 3.05) is 6.61 Å². The second kappa shape index (κ2) is 8.96. The van der Waals surface area contributed by atoms with Crippen LogP contribution in [-0.2, 0) is 27.3 Å². The first-order chi connectivity index (χ1) is 14.2. The van der Waals surface area contributed by atoms with Gasteiger partial charge in [0.15, 0.2) is 4.80 Å². The molecule has 30 heavy (non-hydrogen) atoms. The van der Waals surface area contributed by atoms with Gasteiger partial charge in [-0.05, 0) is 81.5 Å². The van der Waals surface area contributed by atoms with Crippen LogP contribution in [0.3, 0.4) is 0 Å². The number of rotatable bonds is 5. The molecular weight excluding hydrogens is 396 g/mol. The third-order valence-corrected chi connectivity index (χ3v) is 6.32. The number of ether oxygens (including phenoxy) is 1. The van der Waals surface area contributed by atoms with Crippen molar-refractivity contribution < 1.29 is 14.3 Å². The molecule has 0 radical (unpaired) electrons. The van der Waals surface area contributed by atoms with Crippen LogP contribution in [0.25, 0.3) is 10.2 Å². The molecule has 0 N–H and O–H groups in total. The highest BCUT2D eigenvalue weighted by molar-refractivity contribution is 7.16. The lowest BCUT2D eigenvalue weighted by Crippen LogP contribution is -2.23.